The van der Waals surface area contributed by atoms with Gasteiger partial charge in [0, 0.05) is 32.2 Å². The Hall–Kier alpha value is -1.61. The van der Waals surface area contributed by atoms with Crippen LogP contribution in [0.3, 0.4) is 0 Å². The number of aromatic nitrogens is 1. The maximum absolute atomic E-state index is 13.0. The summed E-state index contributed by atoms with van der Waals surface area (Å²) in [6.07, 6.45) is 5.22. The number of amides is 1. The zero-order valence-corrected chi connectivity index (χ0v) is 22.6. The molecule has 3 aromatic rings. The van der Waals surface area contributed by atoms with Gasteiger partial charge in [0.15, 0.2) is 0 Å². The molecule has 0 saturated heterocycles. The predicted molar refractivity (Wildman–Crippen MR) is 145 cm³/mol. The fraction of sp³-hybridized carbons (Fsp3) is 0.407. The van der Waals surface area contributed by atoms with Gasteiger partial charge in [-0.05, 0) is 96.9 Å². The number of rotatable bonds is 7. The van der Waals surface area contributed by atoms with E-state index in [-0.39, 0.29) is 17.9 Å². The summed E-state index contributed by atoms with van der Waals surface area (Å²) in [7, 11) is 0. The smallest absolute Gasteiger partial charge is 0.228 e. The molecule has 0 spiro atoms. The van der Waals surface area contributed by atoms with Gasteiger partial charge in [-0.25, -0.2) is 0 Å². The van der Waals surface area contributed by atoms with Gasteiger partial charge in [0.1, 0.15) is 11.5 Å². The number of nitrogens with zero attached hydrogens (tertiary/aromatic N) is 1. The molecular weight excluding hydrogens is 598 g/mol. The number of benzene rings is 2. The first kappa shape index (κ1) is 23.8. The first-order valence-corrected chi connectivity index (χ1v) is 13.9. The molecule has 5 nitrogen and oxygen atoms in total. The monoisotopic (exact) mass is 622 g/mol. The average molecular weight is 623 g/mol. The first-order valence-electron chi connectivity index (χ1n) is 12.1. The number of halogens is 3. The fourth-order valence-electron chi connectivity index (χ4n) is 5.73. The van der Waals surface area contributed by atoms with E-state index in [4.69, 9.17) is 32.5 Å². The van der Waals surface area contributed by atoms with E-state index in [9.17, 15) is 4.79 Å². The van der Waals surface area contributed by atoms with E-state index < -0.39 is 0 Å². The van der Waals surface area contributed by atoms with E-state index in [1.54, 1.807) is 0 Å². The van der Waals surface area contributed by atoms with Crippen LogP contribution >= 0.6 is 45.8 Å². The van der Waals surface area contributed by atoms with Crippen LogP contribution in [-0.4, -0.2) is 17.2 Å². The molecule has 4 fully saturated rings. The highest BCUT2D eigenvalue weighted by Crippen LogP contribution is 2.52. The number of nitrogens with one attached hydrogen (secondary N) is 1. The summed E-state index contributed by atoms with van der Waals surface area (Å²) in [5, 5.41) is 8.58. The van der Waals surface area contributed by atoms with Gasteiger partial charge in [-0.3, -0.25) is 4.79 Å². The van der Waals surface area contributed by atoms with Crippen molar-refractivity contribution in [2.45, 2.75) is 50.7 Å². The van der Waals surface area contributed by atoms with Crippen LogP contribution in [-0.2, 0) is 16.1 Å². The standard InChI is InChI=1S/C27H25Cl2IN2O3/c28-21-5-2-6-22(29)24(21)25-20(26(35-32-25)14-7-8-14)13-34-19-10-15-9-16(11-19)23(15)27(33)31-18-4-1-3-17(30)12-18/h1-6,12,14-16,19,23H,7-11,13H2,(H,31,33). The van der Waals surface area contributed by atoms with Crippen LogP contribution in [0.15, 0.2) is 47.0 Å². The molecule has 2 atom stereocenters. The lowest BCUT2D eigenvalue weighted by molar-refractivity contribution is -0.142. The third kappa shape index (κ3) is 4.75. The Balaban J connectivity index is 1.13. The van der Waals surface area contributed by atoms with Crippen LogP contribution in [0.2, 0.25) is 10.0 Å². The second-order valence-corrected chi connectivity index (χ2v) is 12.0. The molecule has 2 bridgehead atoms. The van der Waals surface area contributed by atoms with Crippen molar-refractivity contribution in [3.63, 3.8) is 0 Å². The molecule has 0 radical (unpaired) electrons. The van der Waals surface area contributed by atoms with Crippen LogP contribution in [0.4, 0.5) is 5.69 Å². The molecule has 35 heavy (non-hydrogen) atoms. The van der Waals surface area contributed by atoms with Crippen molar-refractivity contribution in [1.29, 1.82) is 0 Å². The Morgan fingerprint density at radius 1 is 1.09 bits per heavy atom. The maximum atomic E-state index is 13.0. The van der Waals surface area contributed by atoms with Gasteiger partial charge in [-0.15, -0.1) is 0 Å². The second-order valence-electron chi connectivity index (χ2n) is 9.93. The van der Waals surface area contributed by atoms with Crippen molar-refractivity contribution in [3.8, 4) is 11.3 Å². The van der Waals surface area contributed by atoms with Gasteiger partial charge in [0.25, 0.3) is 0 Å². The molecule has 2 aromatic carbocycles. The van der Waals surface area contributed by atoms with E-state index in [2.05, 4.69) is 33.1 Å². The Kier molecular flexibility index (Phi) is 6.58. The summed E-state index contributed by atoms with van der Waals surface area (Å²) in [5.74, 6) is 2.23. The lowest BCUT2D eigenvalue weighted by Gasteiger charge is -2.51. The topological polar surface area (TPSA) is 64.4 Å². The number of fused-ring (bicyclic) bond motifs is 2. The molecule has 2 unspecified atom stereocenters. The van der Waals surface area contributed by atoms with Crippen molar-refractivity contribution in [2.24, 2.45) is 17.8 Å². The first-order chi connectivity index (χ1) is 17.0. The highest BCUT2D eigenvalue weighted by Gasteiger charge is 2.51. The molecular formula is C27H25Cl2IN2O3. The SMILES string of the molecule is O=C(Nc1cccc(I)c1)C1C2CC(OCc3c(-c4c(Cl)cccc4Cl)noc3C3CC3)CC1C2. The van der Waals surface area contributed by atoms with Crippen LogP contribution in [0.5, 0.6) is 0 Å². The Bertz CT molecular complexity index is 1240. The quantitative estimate of drug-likeness (QED) is 0.274. The van der Waals surface area contributed by atoms with Gasteiger partial charge >= 0.3 is 0 Å². The van der Waals surface area contributed by atoms with E-state index in [1.807, 2.05) is 42.5 Å². The summed E-state index contributed by atoms with van der Waals surface area (Å²) in [6.45, 7) is 0.412. The van der Waals surface area contributed by atoms with E-state index in [0.29, 0.717) is 45.7 Å². The summed E-state index contributed by atoms with van der Waals surface area (Å²) in [6, 6.07) is 13.4. The third-order valence-corrected chi connectivity index (χ3v) is 8.88. The van der Waals surface area contributed by atoms with Gasteiger partial charge in [-0.1, -0.05) is 40.5 Å². The number of hydrogen-bond donors (Lipinski definition) is 1. The number of ether oxygens (including phenoxy) is 1. The summed E-state index contributed by atoms with van der Waals surface area (Å²) >= 11 is 15.2. The normalized spacial score (nSPS) is 25.2. The molecule has 4 saturated carbocycles. The molecule has 7 rings (SSSR count). The second kappa shape index (κ2) is 9.69. The minimum Gasteiger partial charge on any atom is -0.373 e. The molecule has 8 heteroatoms. The minimum atomic E-state index is 0.0721. The van der Waals surface area contributed by atoms with E-state index in [1.165, 1.54) is 0 Å². The van der Waals surface area contributed by atoms with Gasteiger partial charge in [-0.2, -0.15) is 0 Å². The van der Waals surface area contributed by atoms with Crippen LogP contribution in [0.25, 0.3) is 11.3 Å². The molecule has 0 aliphatic heterocycles. The molecule has 182 valence electrons. The van der Waals surface area contributed by atoms with E-state index >= 15 is 0 Å². The fourth-order valence-corrected chi connectivity index (χ4v) is 6.85. The lowest BCUT2D eigenvalue weighted by Crippen LogP contribution is -2.51. The number of hydrogen-bond acceptors (Lipinski definition) is 4. The molecule has 4 aliphatic carbocycles. The Morgan fingerprint density at radius 2 is 1.80 bits per heavy atom. The van der Waals surface area contributed by atoms with Crippen LogP contribution in [0.1, 0.15) is 49.3 Å². The highest BCUT2D eigenvalue weighted by molar-refractivity contribution is 14.1. The van der Waals surface area contributed by atoms with E-state index in [0.717, 1.165) is 52.7 Å². The third-order valence-electron chi connectivity index (χ3n) is 7.58. The average Bonchev–Trinajstić information content (AvgIpc) is 3.58. The molecule has 1 aromatic heterocycles. The van der Waals surface area contributed by atoms with Gasteiger partial charge < -0.3 is 14.6 Å². The van der Waals surface area contributed by atoms with Gasteiger partial charge in [0.2, 0.25) is 5.91 Å². The zero-order valence-electron chi connectivity index (χ0n) is 19.0. The largest absolute Gasteiger partial charge is 0.373 e. The van der Waals surface area contributed by atoms with Crippen molar-refractivity contribution >= 4 is 57.4 Å². The Morgan fingerprint density at radius 3 is 2.49 bits per heavy atom. The van der Waals surface area contributed by atoms with Crippen molar-refractivity contribution in [3.05, 3.63) is 67.4 Å². The molecule has 1 amide bonds. The van der Waals surface area contributed by atoms with Crippen molar-refractivity contribution in [1.82, 2.24) is 5.16 Å². The lowest BCUT2D eigenvalue weighted by atomic mass is 9.56. The van der Waals surface area contributed by atoms with Crippen LogP contribution < -0.4 is 5.32 Å². The summed E-state index contributed by atoms with van der Waals surface area (Å²) in [5.41, 5.74) is 3.20. The van der Waals surface area contributed by atoms with Crippen molar-refractivity contribution in [2.75, 3.05) is 5.32 Å². The Labute approximate surface area is 228 Å². The minimum absolute atomic E-state index is 0.0721. The molecule has 1 heterocycles. The van der Waals surface area contributed by atoms with Gasteiger partial charge in [0.05, 0.1) is 22.8 Å². The highest BCUT2D eigenvalue weighted by atomic mass is 127. The number of carbonyl (C=O) groups excluding carboxylic acids is 1. The predicted octanol–water partition coefficient (Wildman–Crippen LogP) is 7.70. The number of carbonyl (C=O) groups is 1. The van der Waals surface area contributed by atoms with Crippen LogP contribution in [0, 0.1) is 21.3 Å². The number of anilines is 1. The summed E-state index contributed by atoms with van der Waals surface area (Å²) in [4.78, 5) is 13.0. The van der Waals surface area contributed by atoms with Crippen molar-refractivity contribution < 1.29 is 14.1 Å². The summed E-state index contributed by atoms with van der Waals surface area (Å²) < 4.78 is 13.3. The molecule has 1 N–H and O–H groups in total. The maximum Gasteiger partial charge on any atom is 0.228 e. The molecule has 4 aliphatic rings. The zero-order chi connectivity index (χ0) is 24.1.